The summed E-state index contributed by atoms with van der Waals surface area (Å²) in [6.45, 7) is 2.63. The summed E-state index contributed by atoms with van der Waals surface area (Å²) in [5.41, 5.74) is 2.49. The van der Waals surface area contributed by atoms with Gasteiger partial charge in [0.25, 0.3) is 0 Å². The lowest BCUT2D eigenvalue weighted by molar-refractivity contribution is -0.142. The Labute approximate surface area is 82.5 Å². The van der Waals surface area contributed by atoms with Crippen LogP contribution in [0.25, 0.3) is 0 Å². The van der Waals surface area contributed by atoms with Crippen LogP contribution in [0, 0.1) is 5.92 Å². The highest BCUT2D eigenvalue weighted by Gasteiger charge is 2.25. The fourth-order valence-electron chi connectivity index (χ4n) is 2.00. The molecule has 0 saturated carbocycles. The van der Waals surface area contributed by atoms with Crippen molar-refractivity contribution in [3.63, 3.8) is 0 Å². The Morgan fingerprint density at radius 1 is 1.79 bits per heavy atom. The Bertz CT molecular complexity index is 357. The van der Waals surface area contributed by atoms with Gasteiger partial charge in [-0.15, -0.1) is 0 Å². The predicted molar refractivity (Wildman–Crippen MR) is 51.1 cm³/mol. The lowest BCUT2D eigenvalue weighted by atomic mass is 9.96. The zero-order chi connectivity index (χ0) is 10.1. The highest BCUT2D eigenvalue weighted by molar-refractivity contribution is 5.70. The van der Waals surface area contributed by atoms with E-state index in [1.54, 1.807) is 0 Å². The van der Waals surface area contributed by atoms with Crippen molar-refractivity contribution in [1.82, 2.24) is 9.78 Å². The first-order valence-corrected chi connectivity index (χ1v) is 4.98. The first kappa shape index (κ1) is 9.24. The summed E-state index contributed by atoms with van der Waals surface area (Å²) in [6.07, 6.45) is 4.43. The van der Waals surface area contributed by atoms with Gasteiger partial charge >= 0.3 is 5.97 Å². The van der Waals surface area contributed by atoms with Gasteiger partial charge in [-0.2, -0.15) is 5.10 Å². The normalized spacial score (nSPS) is 20.5. The number of rotatable bonds is 2. The van der Waals surface area contributed by atoms with E-state index in [2.05, 4.69) is 12.0 Å². The SMILES string of the molecule is CCc1cnn2c1CCC(C(=O)O)C2. The van der Waals surface area contributed by atoms with Gasteiger partial charge in [-0.25, -0.2) is 0 Å². The molecule has 1 atom stereocenters. The lowest BCUT2D eigenvalue weighted by Gasteiger charge is -2.20. The fourth-order valence-corrected chi connectivity index (χ4v) is 2.00. The van der Waals surface area contributed by atoms with E-state index in [0.29, 0.717) is 6.54 Å². The molecule has 0 amide bonds. The number of carbonyl (C=O) groups is 1. The molecular formula is C10H14N2O2. The zero-order valence-corrected chi connectivity index (χ0v) is 8.23. The van der Waals surface area contributed by atoms with Crippen LogP contribution in [0.15, 0.2) is 6.20 Å². The Morgan fingerprint density at radius 2 is 2.57 bits per heavy atom. The number of carboxylic acids is 1. The van der Waals surface area contributed by atoms with Gasteiger partial charge in [-0.3, -0.25) is 9.48 Å². The molecule has 0 bridgehead atoms. The molecule has 1 aromatic rings. The maximum atomic E-state index is 10.8. The number of hydrogen-bond donors (Lipinski definition) is 1. The van der Waals surface area contributed by atoms with Crippen LogP contribution in [0.2, 0.25) is 0 Å². The van der Waals surface area contributed by atoms with E-state index in [1.807, 2.05) is 10.9 Å². The topological polar surface area (TPSA) is 55.1 Å². The lowest BCUT2D eigenvalue weighted by Crippen LogP contribution is -2.27. The van der Waals surface area contributed by atoms with Gasteiger partial charge in [0, 0.05) is 5.69 Å². The average Bonchev–Trinajstić information content (AvgIpc) is 2.59. The summed E-state index contributed by atoms with van der Waals surface area (Å²) in [7, 11) is 0. The molecule has 1 aromatic heterocycles. The second-order valence-electron chi connectivity index (χ2n) is 3.73. The maximum Gasteiger partial charge on any atom is 0.308 e. The summed E-state index contributed by atoms with van der Waals surface area (Å²) in [5, 5.41) is 13.1. The molecule has 1 aliphatic heterocycles. The third-order valence-corrected chi connectivity index (χ3v) is 2.89. The Morgan fingerprint density at radius 3 is 3.21 bits per heavy atom. The summed E-state index contributed by atoms with van der Waals surface area (Å²) in [6, 6.07) is 0. The molecule has 14 heavy (non-hydrogen) atoms. The molecule has 0 aliphatic carbocycles. The van der Waals surface area contributed by atoms with Gasteiger partial charge < -0.3 is 5.11 Å². The molecule has 2 rings (SSSR count). The number of aryl methyl sites for hydroxylation is 1. The van der Waals surface area contributed by atoms with Crippen molar-refractivity contribution in [3.05, 3.63) is 17.5 Å². The monoisotopic (exact) mass is 194 g/mol. The first-order valence-electron chi connectivity index (χ1n) is 4.98. The van der Waals surface area contributed by atoms with Crippen molar-refractivity contribution in [2.24, 2.45) is 5.92 Å². The molecule has 1 aliphatic rings. The summed E-state index contributed by atoms with van der Waals surface area (Å²) < 4.78 is 1.85. The third kappa shape index (κ3) is 1.41. The van der Waals surface area contributed by atoms with Crippen LogP contribution < -0.4 is 0 Å². The average molecular weight is 194 g/mol. The van der Waals surface area contributed by atoms with Crippen LogP contribution in [-0.2, 0) is 24.2 Å². The minimum atomic E-state index is -0.704. The van der Waals surface area contributed by atoms with Gasteiger partial charge in [0.15, 0.2) is 0 Å². The molecule has 1 N–H and O–H groups in total. The zero-order valence-electron chi connectivity index (χ0n) is 8.23. The van der Waals surface area contributed by atoms with Crippen LogP contribution >= 0.6 is 0 Å². The number of fused-ring (bicyclic) bond motifs is 1. The van der Waals surface area contributed by atoms with Crippen LogP contribution in [0.5, 0.6) is 0 Å². The molecule has 2 heterocycles. The van der Waals surface area contributed by atoms with Gasteiger partial charge in [-0.1, -0.05) is 6.92 Å². The molecule has 0 fully saturated rings. The van der Waals surface area contributed by atoms with Crippen LogP contribution in [0.3, 0.4) is 0 Å². The summed E-state index contributed by atoms with van der Waals surface area (Å²) >= 11 is 0. The van der Waals surface area contributed by atoms with E-state index >= 15 is 0 Å². The smallest absolute Gasteiger partial charge is 0.308 e. The quantitative estimate of drug-likeness (QED) is 0.766. The van der Waals surface area contributed by atoms with Crippen molar-refractivity contribution in [1.29, 1.82) is 0 Å². The Balaban J connectivity index is 2.24. The second kappa shape index (κ2) is 3.44. The summed E-state index contributed by atoms with van der Waals surface area (Å²) in [4.78, 5) is 10.8. The number of aliphatic carboxylic acids is 1. The molecule has 0 aromatic carbocycles. The van der Waals surface area contributed by atoms with Crippen molar-refractivity contribution >= 4 is 5.97 Å². The molecule has 4 heteroatoms. The van der Waals surface area contributed by atoms with E-state index in [-0.39, 0.29) is 5.92 Å². The van der Waals surface area contributed by atoms with E-state index in [9.17, 15) is 4.79 Å². The maximum absolute atomic E-state index is 10.8. The number of carboxylic acid groups (broad SMARTS) is 1. The van der Waals surface area contributed by atoms with Crippen molar-refractivity contribution in [2.45, 2.75) is 32.7 Å². The highest BCUT2D eigenvalue weighted by atomic mass is 16.4. The van der Waals surface area contributed by atoms with Gasteiger partial charge in [-0.05, 0) is 24.8 Å². The van der Waals surface area contributed by atoms with Crippen LogP contribution in [-0.4, -0.2) is 20.9 Å². The number of hydrogen-bond acceptors (Lipinski definition) is 2. The van der Waals surface area contributed by atoms with E-state index in [0.717, 1.165) is 19.3 Å². The van der Waals surface area contributed by atoms with Gasteiger partial charge in [0.1, 0.15) is 0 Å². The van der Waals surface area contributed by atoms with Crippen molar-refractivity contribution in [2.75, 3.05) is 0 Å². The largest absolute Gasteiger partial charge is 0.481 e. The molecule has 1 unspecified atom stereocenters. The van der Waals surface area contributed by atoms with Crippen molar-refractivity contribution in [3.8, 4) is 0 Å². The van der Waals surface area contributed by atoms with Crippen LogP contribution in [0.4, 0.5) is 0 Å². The Hall–Kier alpha value is -1.32. The van der Waals surface area contributed by atoms with Gasteiger partial charge in [0.2, 0.25) is 0 Å². The molecule has 0 radical (unpaired) electrons. The molecule has 0 spiro atoms. The highest BCUT2D eigenvalue weighted by Crippen LogP contribution is 2.22. The first-order chi connectivity index (χ1) is 6.72. The van der Waals surface area contributed by atoms with Crippen molar-refractivity contribution < 1.29 is 9.90 Å². The predicted octanol–water partition coefficient (Wildman–Crippen LogP) is 1.09. The third-order valence-electron chi connectivity index (χ3n) is 2.89. The summed E-state index contributed by atoms with van der Waals surface area (Å²) in [5.74, 6) is -0.962. The molecule has 4 nitrogen and oxygen atoms in total. The number of nitrogens with zero attached hydrogens (tertiary/aromatic N) is 2. The molecule has 76 valence electrons. The van der Waals surface area contributed by atoms with Crippen LogP contribution in [0.1, 0.15) is 24.6 Å². The Kier molecular flexibility index (Phi) is 2.27. The second-order valence-corrected chi connectivity index (χ2v) is 3.73. The minimum absolute atomic E-state index is 0.257. The minimum Gasteiger partial charge on any atom is -0.481 e. The standard InChI is InChI=1S/C10H14N2O2/c1-2-7-5-11-12-6-8(10(13)14)3-4-9(7)12/h5,8H,2-4,6H2,1H3,(H,13,14). The number of aromatic nitrogens is 2. The molecule has 0 saturated heterocycles. The molecular weight excluding hydrogens is 180 g/mol. The van der Waals surface area contributed by atoms with E-state index < -0.39 is 5.97 Å². The van der Waals surface area contributed by atoms with E-state index in [1.165, 1.54) is 11.3 Å². The van der Waals surface area contributed by atoms with Gasteiger partial charge in [0.05, 0.1) is 18.7 Å². The van der Waals surface area contributed by atoms with E-state index in [4.69, 9.17) is 5.11 Å². The fraction of sp³-hybridized carbons (Fsp3) is 0.600.